The van der Waals surface area contributed by atoms with Crippen LogP contribution in [0.1, 0.15) is 35.0 Å². The van der Waals surface area contributed by atoms with Crippen molar-refractivity contribution in [3.05, 3.63) is 59.8 Å². The van der Waals surface area contributed by atoms with Crippen molar-refractivity contribution in [1.29, 1.82) is 5.26 Å². The largest absolute Gasteiger partial charge is 0.435 e. The molecule has 5 rings (SSSR count). The SMILES string of the molecule is CCc1cc(Nc2nccn3c(-c4cn(CC#N)nc4C(F)(F)F)cnc23)ccc1C(=O)NCCN1CCC(N)C1. The number of imidazole rings is 1. The van der Waals surface area contributed by atoms with Crippen LogP contribution in [0.15, 0.2) is 43.0 Å². The van der Waals surface area contributed by atoms with Gasteiger partial charge in [-0.2, -0.15) is 23.5 Å². The summed E-state index contributed by atoms with van der Waals surface area (Å²) in [7, 11) is 0. The van der Waals surface area contributed by atoms with Crippen LogP contribution >= 0.6 is 0 Å². The summed E-state index contributed by atoms with van der Waals surface area (Å²) in [6.07, 6.45) is 2.30. The predicted molar refractivity (Wildman–Crippen MR) is 145 cm³/mol. The minimum absolute atomic E-state index is 0.152. The number of amides is 1. The minimum atomic E-state index is -4.72. The third-order valence-electron chi connectivity index (χ3n) is 6.98. The van der Waals surface area contributed by atoms with E-state index in [0.29, 0.717) is 35.7 Å². The van der Waals surface area contributed by atoms with E-state index in [1.54, 1.807) is 18.2 Å². The van der Waals surface area contributed by atoms with E-state index in [4.69, 9.17) is 11.0 Å². The molecule has 1 amide bonds. The minimum Gasteiger partial charge on any atom is -0.351 e. The van der Waals surface area contributed by atoms with E-state index in [0.717, 1.165) is 36.3 Å². The smallest absolute Gasteiger partial charge is 0.351 e. The number of nitriles is 1. The standard InChI is InChI=1S/C27H29F3N10O/c1-2-17-13-19(3-4-20(17)26(41)34-7-11-38-9-5-18(32)15-38)36-24-25-35-14-22(40(25)12-8-33-24)21-16-39(10-6-31)37-23(21)27(28,29)30/h3-4,8,12-14,16,18H,2,5,7,9-11,15,32H2,1H3,(H,33,36)(H,34,41). The number of benzene rings is 1. The number of fused-ring (bicyclic) bond motifs is 1. The van der Waals surface area contributed by atoms with Gasteiger partial charge in [-0.25, -0.2) is 9.97 Å². The van der Waals surface area contributed by atoms with Crippen molar-refractivity contribution in [3.63, 3.8) is 0 Å². The summed E-state index contributed by atoms with van der Waals surface area (Å²) in [4.78, 5) is 23.8. The van der Waals surface area contributed by atoms with E-state index in [9.17, 15) is 18.0 Å². The van der Waals surface area contributed by atoms with Gasteiger partial charge >= 0.3 is 6.18 Å². The number of aryl methyl sites for hydroxylation is 1. The normalized spacial score (nSPS) is 15.8. The van der Waals surface area contributed by atoms with Gasteiger partial charge in [-0.3, -0.25) is 18.8 Å². The Labute approximate surface area is 233 Å². The Balaban J connectivity index is 1.36. The van der Waals surface area contributed by atoms with Crippen LogP contribution in [0.2, 0.25) is 0 Å². The first kappa shape index (κ1) is 28.1. The zero-order valence-electron chi connectivity index (χ0n) is 22.3. The molecular formula is C27H29F3N10O. The van der Waals surface area contributed by atoms with Crippen molar-refractivity contribution >= 4 is 23.1 Å². The number of carbonyl (C=O) groups is 1. The Morgan fingerprint density at radius 3 is 2.83 bits per heavy atom. The predicted octanol–water partition coefficient (Wildman–Crippen LogP) is 3.20. The number of anilines is 2. The lowest BCUT2D eigenvalue weighted by atomic mass is 10.0. The van der Waals surface area contributed by atoms with Crippen LogP contribution in [0.3, 0.4) is 0 Å². The van der Waals surface area contributed by atoms with Gasteiger partial charge in [0.15, 0.2) is 17.2 Å². The highest BCUT2D eigenvalue weighted by atomic mass is 19.4. The highest BCUT2D eigenvalue weighted by molar-refractivity contribution is 5.96. The van der Waals surface area contributed by atoms with E-state index < -0.39 is 11.9 Å². The zero-order chi connectivity index (χ0) is 29.1. The third kappa shape index (κ3) is 6.01. The average Bonchev–Trinajstić information content (AvgIpc) is 3.67. The molecule has 1 aliphatic rings. The quantitative estimate of drug-likeness (QED) is 0.280. The molecule has 214 valence electrons. The maximum atomic E-state index is 13.7. The fourth-order valence-corrected chi connectivity index (χ4v) is 4.99. The number of nitrogens with two attached hydrogens (primary N) is 1. The Morgan fingerprint density at radius 2 is 2.12 bits per heavy atom. The summed E-state index contributed by atoms with van der Waals surface area (Å²) in [6, 6.07) is 7.31. The summed E-state index contributed by atoms with van der Waals surface area (Å²) in [5, 5.41) is 18.6. The molecule has 4 aromatic rings. The molecule has 4 N–H and O–H groups in total. The Morgan fingerprint density at radius 1 is 1.29 bits per heavy atom. The zero-order valence-corrected chi connectivity index (χ0v) is 22.3. The van der Waals surface area contributed by atoms with Crippen LogP contribution in [0.5, 0.6) is 0 Å². The van der Waals surface area contributed by atoms with Crippen LogP contribution in [-0.2, 0) is 19.1 Å². The lowest BCUT2D eigenvalue weighted by Gasteiger charge is -2.16. The summed E-state index contributed by atoms with van der Waals surface area (Å²) in [6.45, 7) is 4.66. The number of likely N-dealkylation sites (tertiary alicyclic amines) is 1. The van der Waals surface area contributed by atoms with Crippen molar-refractivity contribution in [2.45, 2.75) is 38.5 Å². The fraction of sp³-hybridized carbons (Fsp3) is 0.370. The lowest BCUT2D eigenvalue weighted by Crippen LogP contribution is -2.35. The summed E-state index contributed by atoms with van der Waals surface area (Å²) in [5.74, 6) is 0.159. The number of nitrogens with one attached hydrogen (secondary N) is 2. The number of hydrogen-bond acceptors (Lipinski definition) is 8. The maximum Gasteiger partial charge on any atom is 0.435 e. The molecule has 41 heavy (non-hydrogen) atoms. The Bertz CT molecular complexity index is 1600. The molecule has 0 bridgehead atoms. The summed E-state index contributed by atoms with van der Waals surface area (Å²) < 4.78 is 43.6. The van der Waals surface area contributed by atoms with E-state index in [-0.39, 0.29) is 29.8 Å². The molecule has 1 unspecified atom stereocenters. The van der Waals surface area contributed by atoms with Crippen LogP contribution < -0.4 is 16.4 Å². The highest BCUT2D eigenvalue weighted by Crippen LogP contribution is 2.37. The molecule has 4 heterocycles. The second kappa shape index (κ2) is 11.6. The molecular weight excluding hydrogens is 537 g/mol. The van der Waals surface area contributed by atoms with Gasteiger partial charge in [0.1, 0.15) is 6.54 Å². The van der Waals surface area contributed by atoms with Gasteiger partial charge in [-0.05, 0) is 43.1 Å². The number of rotatable bonds is 9. The van der Waals surface area contributed by atoms with Gasteiger partial charge in [0.2, 0.25) is 0 Å². The van der Waals surface area contributed by atoms with Crippen LogP contribution in [-0.4, -0.2) is 67.2 Å². The van der Waals surface area contributed by atoms with Gasteiger partial charge in [0.05, 0.1) is 23.5 Å². The molecule has 11 nitrogen and oxygen atoms in total. The molecule has 14 heteroatoms. The Kier molecular flexibility index (Phi) is 7.91. The fourth-order valence-electron chi connectivity index (χ4n) is 4.99. The summed E-state index contributed by atoms with van der Waals surface area (Å²) in [5.41, 5.74) is 7.13. The molecule has 1 aromatic carbocycles. The number of carbonyl (C=O) groups excluding carboxylic acids is 1. The molecule has 0 spiro atoms. The van der Waals surface area contributed by atoms with E-state index in [1.165, 1.54) is 29.2 Å². The molecule has 0 saturated carbocycles. The van der Waals surface area contributed by atoms with Gasteiger partial charge in [0.25, 0.3) is 5.91 Å². The van der Waals surface area contributed by atoms with Gasteiger partial charge in [-0.15, -0.1) is 0 Å². The first-order valence-corrected chi connectivity index (χ1v) is 13.2. The van der Waals surface area contributed by atoms with Crippen molar-refractivity contribution < 1.29 is 18.0 Å². The number of hydrogen-bond donors (Lipinski definition) is 3. The summed E-state index contributed by atoms with van der Waals surface area (Å²) >= 11 is 0. The molecule has 0 aliphatic carbocycles. The molecule has 1 saturated heterocycles. The van der Waals surface area contributed by atoms with Crippen LogP contribution in [0.4, 0.5) is 24.7 Å². The lowest BCUT2D eigenvalue weighted by molar-refractivity contribution is -0.141. The molecule has 1 atom stereocenters. The number of nitrogens with zero attached hydrogens (tertiary/aromatic N) is 7. The first-order chi connectivity index (χ1) is 19.7. The van der Waals surface area contributed by atoms with Gasteiger partial charge in [-0.1, -0.05) is 6.92 Å². The third-order valence-corrected chi connectivity index (χ3v) is 6.98. The number of aromatic nitrogens is 5. The van der Waals surface area contributed by atoms with Gasteiger partial charge in [0, 0.05) is 55.5 Å². The number of alkyl halides is 3. The second-order valence-electron chi connectivity index (χ2n) is 9.81. The monoisotopic (exact) mass is 566 g/mol. The van der Waals surface area contributed by atoms with Crippen molar-refractivity contribution in [2.24, 2.45) is 5.73 Å². The van der Waals surface area contributed by atoms with Gasteiger partial charge < -0.3 is 16.4 Å². The number of halogens is 3. The molecule has 0 radical (unpaired) electrons. The topological polar surface area (TPSA) is 142 Å². The average molecular weight is 567 g/mol. The van der Waals surface area contributed by atoms with E-state index >= 15 is 0 Å². The van der Waals surface area contributed by atoms with Crippen molar-refractivity contribution in [3.8, 4) is 17.3 Å². The van der Waals surface area contributed by atoms with Crippen molar-refractivity contribution in [1.82, 2.24) is 34.4 Å². The first-order valence-electron chi connectivity index (χ1n) is 13.2. The van der Waals surface area contributed by atoms with E-state index in [2.05, 4.69) is 30.6 Å². The second-order valence-corrected chi connectivity index (χ2v) is 9.81. The molecule has 3 aromatic heterocycles. The molecule has 1 aliphatic heterocycles. The maximum absolute atomic E-state index is 13.7. The molecule has 1 fully saturated rings. The Hall–Kier alpha value is -4.48. The van der Waals surface area contributed by atoms with Crippen LogP contribution in [0, 0.1) is 11.3 Å². The van der Waals surface area contributed by atoms with Crippen molar-refractivity contribution in [2.75, 3.05) is 31.5 Å². The highest BCUT2D eigenvalue weighted by Gasteiger charge is 2.38. The van der Waals surface area contributed by atoms with E-state index in [1.807, 2.05) is 13.0 Å². The van der Waals surface area contributed by atoms with Crippen LogP contribution in [0.25, 0.3) is 16.9 Å².